The van der Waals surface area contributed by atoms with E-state index in [0.717, 1.165) is 16.9 Å². The van der Waals surface area contributed by atoms with Gasteiger partial charge in [-0.05, 0) is 63.1 Å². The molecule has 3 N–H and O–H groups in total. The Morgan fingerprint density at radius 2 is 1.50 bits per heavy atom. The van der Waals surface area contributed by atoms with Crippen molar-refractivity contribution in [2.45, 2.75) is 50.8 Å². The minimum atomic E-state index is -4.02. The van der Waals surface area contributed by atoms with E-state index < -0.39 is 27.7 Å². The van der Waals surface area contributed by atoms with Gasteiger partial charge >= 0.3 is 5.97 Å². The lowest BCUT2D eigenvalue weighted by atomic mass is 10.1. The molecule has 1 atom stereocenters. The van der Waals surface area contributed by atoms with Crippen LogP contribution in [0.15, 0.2) is 83.8 Å². The van der Waals surface area contributed by atoms with Crippen molar-refractivity contribution in [2.75, 3.05) is 0 Å². The molecule has 0 aliphatic carbocycles. The molecule has 8 heteroatoms. The standard InChI is InChI=1S/C19H23NO3.C7H8O3S/c1-19(2,3)23-18(21)17(20)15-9-11-16(12-10-15)22-13-14-7-5-4-6-8-14;1-6-2-4-7(5-3-6)11(8,9)10/h4-12,17H,13,20H2,1-3H3;2-5H,1H3,(H,8,9,10)/t17-;/m0./s1. The van der Waals surface area contributed by atoms with E-state index in [9.17, 15) is 13.2 Å². The Morgan fingerprint density at radius 1 is 0.941 bits per heavy atom. The highest BCUT2D eigenvalue weighted by atomic mass is 32.2. The van der Waals surface area contributed by atoms with Crippen molar-refractivity contribution >= 4 is 16.1 Å². The zero-order valence-electron chi connectivity index (χ0n) is 19.8. The number of hydrogen-bond acceptors (Lipinski definition) is 6. The highest BCUT2D eigenvalue weighted by molar-refractivity contribution is 7.85. The molecule has 0 bridgehead atoms. The molecular formula is C26H31NO6S. The summed E-state index contributed by atoms with van der Waals surface area (Å²) in [5, 5.41) is 0. The fourth-order valence-corrected chi connectivity index (χ4v) is 3.20. The first-order chi connectivity index (χ1) is 15.8. The number of hydrogen-bond donors (Lipinski definition) is 2. The average Bonchev–Trinajstić information content (AvgIpc) is 2.77. The minimum Gasteiger partial charge on any atom is -0.489 e. The normalized spacial score (nSPS) is 12.2. The summed E-state index contributed by atoms with van der Waals surface area (Å²) >= 11 is 0. The number of benzene rings is 3. The maximum atomic E-state index is 12.0. The Balaban J connectivity index is 0.000000310. The molecule has 0 radical (unpaired) electrons. The van der Waals surface area contributed by atoms with Gasteiger partial charge < -0.3 is 15.2 Å². The van der Waals surface area contributed by atoms with E-state index in [1.165, 1.54) is 12.1 Å². The van der Waals surface area contributed by atoms with Crippen LogP contribution in [-0.4, -0.2) is 24.5 Å². The third-order valence-electron chi connectivity index (χ3n) is 4.47. The summed E-state index contributed by atoms with van der Waals surface area (Å²) in [7, 11) is -4.02. The molecule has 0 heterocycles. The number of nitrogens with two attached hydrogens (primary N) is 1. The van der Waals surface area contributed by atoms with Gasteiger partial charge in [0, 0.05) is 0 Å². The number of aryl methyl sites for hydroxylation is 1. The lowest BCUT2D eigenvalue weighted by Crippen LogP contribution is -2.31. The van der Waals surface area contributed by atoms with Crippen LogP contribution in [-0.2, 0) is 26.3 Å². The molecule has 0 fully saturated rings. The Morgan fingerprint density at radius 3 is 2.00 bits per heavy atom. The summed E-state index contributed by atoms with van der Waals surface area (Å²) in [6.07, 6.45) is 0. The van der Waals surface area contributed by atoms with Crippen LogP contribution >= 0.6 is 0 Å². The van der Waals surface area contributed by atoms with Crippen LogP contribution in [0.4, 0.5) is 0 Å². The van der Waals surface area contributed by atoms with Gasteiger partial charge in [0.25, 0.3) is 10.1 Å². The van der Waals surface area contributed by atoms with Gasteiger partial charge in [0.05, 0.1) is 4.90 Å². The third kappa shape index (κ3) is 9.35. The number of esters is 1. The number of rotatable bonds is 6. The van der Waals surface area contributed by atoms with Crippen LogP contribution in [0.3, 0.4) is 0 Å². The zero-order chi connectivity index (χ0) is 25.4. The first kappa shape index (κ1) is 27.0. The Labute approximate surface area is 201 Å². The second kappa shape index (κ2) is 11.8. The van der Waals surface area contributed by atoms with Crippen LogP contribution in [0, 0.1) is 6.92 Å². The molecule has 0 aromatic heterocycles. The molecule has 0 unspecified atom stereocenters. The van der Waals surface area contributed by atoms with Crippen LogP contribution < -0.4 is 10.5 Å². The van der Waals surface area contributed by atoms with Gasteiger partial charge in [-0.1, -0.05) is 60.2 Å². The molecule has 0 saturated carbocycles. The molecule has 3 aromatic carbocycles. The molecule has 3 aromatic rings. The number of ether oxygens (including phenoxy) is 2. The second-order valence-electron chi connectivity index (χ2n) is 8.64. The predicted octanol–water partition coefficient (Wildman–Crippen LogP) is 4.85. The van der Waals surface area contributed by atoms with Gasteiger partial charge in [-0.15, -0.1) is 0 Å². The minimum absolute atomic E-state index is 0.0666. The molecule has 0 spiro atoms. The molecule has 182 valence electrons. The van der Waals surface area contributed by atoms with E-state index in [-0.39, 0.29) is 4.90 Å². The fourth-order valence-electron chi connectivity index (χ4n) is 2.72. The van der Waals surface area contributed by atoms with E-state index in [2.05, 4.69) is 0 Å². The summed E-state index contributed by atoms with van der Waals surface area (Å²) in [6, 6.07) is 22.3. The highest BCUT2D eigenvalue weighted by Crippen LogP contribution is 2.20. The van der Waals surface area contributed by atoms with E-state index >= 15 is 0 Å². The Kier molecular flexibility index (Phi) is 9.37. The van der Waals surface area contributed by atoms with Crippen LogP contribution in [0.5, 0.6) is 5.75 Å². The second-order valence-corrected chi connectivity index (χ2v) is 10.1. The quantitative estimate of drug-likeness (QED) is 0.379. The summed E-state index contributed by atoms with van der Waals surface area (Å²) in [5.41, 5.74) is 8.15. The number of carbonyl (C=O) groups excluding carboxylic acids is 1. The van der Waals surface area contributed by atoms with Crippen LogP contribution in [0.25, 0.3) is 0 Å². The molecule has 3 rings (SSSR count). The Bertz CT molecular complexity index is 1150. The van der Waals surface area contributed by atoms with Crippen molar-refractivity contribution in [3.05, 3.63) is 95.6 Å². The van der Waals surface area contributed by atoms with E-state index in [1.54, 1.807) is 24.3 Å². The van der Waals surface area contributed by atoms with Crippen molar-refractivity contribution in [1.29, 1.82) is 0 Å². The first-order valence-electron chi connectivity index (χ1n) is 10.6. The fraction of sp³-hybridized carbons (Fsp3) is 0.269. The van der Waals surface area contributed by atoms with E-state index in [1.807, 2.05) is 70.2 Å². The summed E-state index contributed by atoms with van der Waals surface area (Å²) < 4.78 is 40.6. The molecule has 0 aliphatic heterocycles. The summed E-state index contributed by atoms with van der Waals surface area (Å²) in [6.45, 7) is 7.79. The van der Waals surface area contributed by atoms with Gasteiger partial charge in [0.15, 0.2) is 0 Å². The maximum Gasteiger partial charge on any atom is 0.328 e. The van der Waals surface area contributed by atoms with Crippen molar-refractivity contribution in [2.24, 2.45) is 5.73 Å². The molecule has 7 nitrogen and oxygen atoms in total. The van der Waals surface area contributed by atoms with Crippen molar-refractivity contribution in [3.8, 4) is 5.75 Å². The van der Waals surface area contributed by atoms with Gasteiger partial charge in [-0.2, -0.15) is 8.42 Å². The van der Waals surface area contributed by atoms with E-state index in [4.69, 9.17) is 19.8 Å². The molecule has 0 amide bonds. The van der Waals surface area contributed by atoms with Crippen molar-refractivity contribution in [3.63, 3.8) is 0 Å². The maximum absolute atomic E-state index is 12.0. The lowest BCUT2D eigenvalue weighted by Gasteiger charge is -2.22. The van der Waals surface area contributed by atoms with Gasteiger partial charge in [-0.25, -0.2) is 4.79 Å². The Hall–Kier alpha value is -3.20. The monoisotopic (exact) mass is 485 g/mol. The van der Waals surface area contributed by atoms with Crippen LogP contribution in [0.1, 0.15) is 43.5 Å². The van der Waals surface area contributed by atoms with Crippen molar-refractivity contribution < 1.29 is 27.2 Å². The van der Waals surface area contributed by atoms with Gasteiger partial charge in [-0.3, -0.25) is 4.55 Å². The smallest absolute Gasteiger partial charge is 0.328 e. The summed E-state index contributed by atoms with van der Waals surface area (Å²) in [4.78, 5) is 11.9. The van der Waals surface area contributed by atoms with Crippen LogP contribution in [0.2, 0.25) is 0 Å². The van der Waals surface area contributed by atoms with Gasteiger partial charge in [0.2, 0.25) is 0 Å². The van der Waals surface area contributed by atoms with Gasteiger partial charge in [0.1, 0.15) is 24.0 Å². The number of carbonyl (C=O) groups is 1. The SMILES string of the molecule is CC(C)(C)OC(=O)[C@@H](N)c1ccc(OCc2ccccc2)cc1.Cc1ccc(S(=O)(=O)O)cc1. The van der Waals surface area contributed by atoms with E-state index in [0.29, 0.717) is 12.2 Å². The molecule has 0 aliphatic rings. The predicted molar refractivity (Wildman–Crippen MR) is 131 cm³/mol. The highest BCUT2D eigenvalue weighted by Gasteiger charge is 2.23. The molecule has 0 saturated heterocycles. The summed E-state index contributed by atoms with van der Waals surface area (Å²) in [5.74, 6) is 0.296. The largest absolute Gasteiger partial charge is 0.489 e. The zero-order valence-corrected chi connectivity index (χ0v) is 20.6. The topological polar surface area (TPSA) is 116 Å². The molecular weight excluding hydrogens is 454 g/mol. The first-order valence-corrected chi connectivity index (χ1v) is 12.1. The molecule has 34 heavy (non-hydrogen) atoms. The average molecular weight is 486 g/mol. The third-order valence-corrected chi connectivity index (χ3v) is 5.33. The van der Waals surface area contributed by atoms with Crippen molar-refractivity contribution in [1.82, 2.24) is 0 Å². The lowest BCUT2D eigenvalue weighted by molar-refractivity contribution is -0.156.